The summed E-state index contributed by atoms with van der Waals surface area (Å²) in [7, 11) is 3.54. The van der Waals surface area contributed by atoms with Crippen LogP contribution in [-0.2, 0) is 18.3 Å². The van der Waals surface area contributed by atoms with Crippen molar-refractivity contribution in [1.82, 2.24) is 25.4 Å². The average Bonchev–Trinajstić information content (AvgIpc) is 3.27. The molecule has 2 N–H and O–H groups in total. The molecule has 8 nitrogen and oxygen atoms in total. The average molecular weight is 407 g/mol. The van der Waals surface area contributed by atoms with Gasteiger partial charge in [-0.25, -0.2) is 13.8 Å². The molecule has 1 atom stereocenters. The molecule has 3 rings (SSSR count). The van der Waals surface area contributed by atoms with Gasteiger partial charge in [-0.3, -0.25) is 0 Å². The Morgan fingerprint density at radius 2 is 2.17 bits per heavy atom. The molecule has 29 heavy (non-hydrogen) atoms. The molecule has 0 aliphatic carbocycles. The van der Waals surface area contributed by atoms with Crippen LogP contribution in [0.3, 0.4) is 0 Å². The van der Waals surface area contributed by atoms with Crippen molar-refractivity contribution in [3.63, 3.8) is 0 Å². The van der Waals surface area contributed by atoms with Gasteiger partial charge in [-0.1, -0.05) is 0 Å². The second kappa shape index (κ2) is 9.64. The topological polar surface area (TPSA) is 79.6 Å². The van der Waals surface area contributed by atoms with E-state index >= 15 is 0 Å². The number of nitrogens with zero attached hydrogens (tertiary/aromatic N) is 5. The highest BCUT2D eigenvalue weighted by Crippen LogP contribution is 2.24. The Kier molecular flexibility index (Phi) is 6.97. The monoisotopic (exact) mass is 407 g/mol. The second-order valence-corrected chi connectivity index (χ2v) is 6.98. The number of guanidine groups is 1. The predicted octanol–water partition coefficient (Wildman–Crippen LogP) is 1.36. The van der Waals surface area contributed by atoms with Gasteiger partial charge in [-0.2, -0.15) is 0 Å². The van der Waals surface area contributed by atoms with Crippen LogP contribution in [0.1, 0.15) is 18.1 Å². The van der Waals surface area contributed by atoms with Gasteiger partial charge in [0.1, 0.15) is 24.0 Å². The van der Waals surface area contributed by atoms with Gasteiger partial charge in [0, 0.05) is 45.9 Å². The molecular formula is C19H27F2N7O. The number of hydrogen-bond donors (Lipinski definition) is 2. The van der Waals surface area contributed by atoms with E-state index in [9.17, 15) is 8.78 Å². The number of halogens is 2. The number of aromatic nitrogens is 3. The van der Waals surface area contributed by atoms with E-state index < -0.39 is 11.6 Å². The maximum absolute atomic E-state index is 14.1. The quantitative estimate of drug-likeness (QED) is 0.410. The van der Waals surface area contributed by atoms with Crippen LogP contribution >= 0.6 is 0 Å². The van der Waals surface area contributed by atoms with Crippen molar-refractivity contribution in [1.29, 1.82) is 0 Å². The van der Waals surface area contributed by atoms with Crippen LogP contribution in [0.15, 0.2) is 23.2 Å². The zero-order valence-corrected chi connectivity index (χ0v) is 17.0. The van der Waals surface area contributed by atoms with E-state index in [1.165, 1.54) is 12.1 Å². The van der Waals surface area contributed by atoms with Gasteiger partial charge >= 0.3 is 0 Å². The van der Waals surface area contributed by atoms with Crippen LogP contribution in [0.2, 0.25) is 0 Å². The highest BCUT2D eigenvalue weighted by atomic mass is 19.1. The normalized spacial score (nSPS) is 17.1. The van der Waals surface area contributed by atoms with Crippen LogP contribution < -0.4 is 15.5 Å². The highest BCUT2D eigenvalue weighted by molar-refractivity contribution is 5.80. The highest BCUT2D eigenvalue weighted by Gasteiger charge is 2.25. The van der Waals surface area contributed by atoms with E-state index in [4.69, 9.17) is 4.74 Å². The molecule has 2 heterocycles. The van der Waals surface area contributed by atoms with Crippen LogP contribution in [0.4, 0.5) is 14.5 Å². The van der Waals surface area contributed by atoms with Gasteiger partial charge < -0.3 is 24.8 Å². The fraction of sp³-hybridized carbons (Fsp3) is 0.526. The summed E-state index contributed by atoms with van der Waals surface area (Å²) >= 11 is 0. The molecule has 1 aliphatic rings. The van der Waals surface area contributed by atoms with Crippen LogP contribution in [0.25, 0.3) is 0 Å². The van der Waals surface area contributed by atoms with Crippen LogP contribution in [0.5, 0.6) is 0 Å². The van der Waals surface area contributed by atoms with Gasteiger partial charge in [-0.15, -0.1) is 10.2 Å². The molecule has 1 aliphatic heterocycles. The number of aliphatic imine (C=N–C) groups is 1. The van der Waals surface area contributed by atoms with Crippen LogP contribution in [-0.4, -0.2) is 60.1 Å². The Labute approximate surface area is 169 Å². The number of rotatable bonds is 7. The summed E-state index contributed by atoms with van der Waals surface area (Å²) in [6.45, 7) is 4.68. The summed E-state index contributed by atoms with van der Waals surface area (Å²) in [5, 5.41) is 14.8. The minimum atomic E-state index is -0.573. The van der Waals surface area contributed by atoms with Gasteiger partial charge in [0.05, 0.1) is 12.3 Å². The summed E-state index contributed by atoms with van der Waals surface area (Å²) in [4.78, 5) is 6.51. The first kappa shape index (κ1) is 21.0. The summed E-state index contributed by atoms with van der Waals surface area (Å²) in [5.41, 5.74) is 0.413. The fourth-order valence-corrected chi connectivity index (χ4v) is 3.19. The Balaban J connectivity index is 1.64. The minimum Gasteiger partial charge on any atom is -0.383 e. The van der Waals surface area contributed by atoms with E-state index in [-0.39, 0.29) is 6.04 Å². The van der Waals surface area contributed by atoms with Crippen molar-refractivity contribution >= 4 is 11.6 Å². The SMILES string of the molecule is COCCNC(=NCc1nnc(C)n1C)NC1CCN(c2ccc(F)cc2F)C1. The molecule has 1 aromatic carbocycles. The largest absolute Gasteiger partial charge is 0.383 e. The van der Waals surface area contributed by atoms with E-state index in [0.29, 0.717) is 44.4 Å². The second-order valence-electron chi connectivity index (χ2n) is 6.98. The number of nitrogens with one attached hydrogen (secondary N) is 2. The lowest BCUT2D eigenvalue weighted by atomic mass is 10.2. The number of benzene rings is 1. The number of hydrogen-bond acceptors (Lipinski definition) is 5. The Bertz CT molecular complexity index is 855. The smallest absolute Gasteiger partial charge is 0.192 e. The molecule has 1 aromatic heterocycles. The van der Waals surface area contributed by atoms with Gasteiger partial charge in [0.15, 0.2) is 11.8 Å². The standard InChI is InChI=1S/C19H27F2N7O/c1-13-25-26-18(27(13)2)11-23-19(22-7-9-29-3)24-15-6-8-28(12-15)17-5-4-14(20)10-16(17)21/h4-5,10,15H,6-9,11-12H2,1-3H3,(H2,22,23,24). The molecule has 158 valence electrons. The lowest BCUT2D eigenvalue weighted by molar-refractivity contribution is 0.203. The third kappa shape index (κ3) is 5.41. The fourth-order valence-electron chi connectivity index (χ4n) is 3.19. The van der Waals surface area contributed by atoms with Gasteiger partial charge in [0.2, 0.25) is 0 Å². The van der Waals surface area contributed by atoms with Crippen molar-refractivity contribution < 1.29 is 13.5 Å². The first-order valence-corrected chi connectivity index (χ1v) is 9.56. The van der Waals surface area contributed by atoms with Crippen molar-refractivity contribution in [2.24, 2.45) is 12.0 Å². The zero-order valence-electron chi connectivity index (χ0n) is 17.0. The first-order chi connectivity index (χ1) is 14.0. The molecule has 0 saturated carbocycles. The lowest BCUT2D eigenvalue weighted by Crippen LogP contribution is -2.45. The maximum atomic E-state index is 14.1. The molecule has 1 unspecified atom stereocenters. The van der Waals surface area contributed by atoms with E-state index in [1.54, 1.807) is 7.11 Å². The summed E-state index contributed by atoms with van der Waals surface area (Å²) in [6, 6.07) is 3.75. The predicted molar refractivity (Wildman–Crippen MR) is 107 cm³/mol. The van der Waals surface area contributed by atoms with E-state index in [0.717, 1.165) is 24.1 Å². The Morgan fingerprint density at radius 3 is 2.86 bits per heavy atom. The Hall–Kier alpha value is -2.75. The molecule has 1 fully saturated rings. The van der Waals surface area contributed by atoms with E-state index in [1.807, 2.05) is 23.4 Å². The van der Waals surface area contributed by atoms with Crippen LogP contribution in [0, 0.1) is 18.6 Å². The van der Waals surface area contributed by atoms with Gasteiger partial charge in [-0.05, 0) is 25.5 Å². The number of methoxy groups -OCH3 is 1. The number of ether oxygens (including phenoxy) is 1. The molecule has 10 heteroatoms. The first-order valence-electron chi connectivity index (χ1n) is 9.56. The lowest BCUT2D eigenvalue weighted by Gasteiger charge is -2.21. The molecular weight excluding hydrogens is 380 g/mol. The molecule has 0 bridgehead atoms. The van der Waals surface area contributed by atoms with Gasteiger partial charge in [0.25, 0.3) is 0 Å². The number of aryl methyl sites for hydroxylation is 1. The third-order valence-corrected chi connectivity index (χ3v) is 4.94. The van der Waals surface area contributed by atoms with Crippen molar-refractivity contribution in [2.75, 3.05) is 38.3 Å². The molecule has 0 radical (unpaired) electrons. The zero-order chi connectivity index (χ0) is 20.8. The molecule has 1 saturated heterocycles. The van der Waals surface area contributed by atoms with E-state index in [2.05, 4.69) is 25.8 Å². The number of anilines is 1. The molecule has 0 amide bonds. The molecule has 2 aromatic rings. The molecule has 0 spiro atoms. The summed E-state index contributed by atoms with van der Waals surface area (Å²) in [6.07, 6.45) is 0.810. The van der Waals surface area contributed by atoms with Crippen molar-refractivity contribution in [2.45, 2.75) is 25.9 Å². The maximum Gasteiger partial charge on any atom is 0.192 e. The summed E-state index contributed by atoms with van der Waals surface area (Å²) < 4.78 is 34.2. The minimum absolute atomic E-state index is 0.0782. The summed E-state index contributed by atoms with van der Waals surface area (Å²) in [5.74, 6) is 1.10. The Morgan fingerprint density at radius 1 is 1.34 bits per heavy atom. The van der Waals surface area contributed by atoms with Crippen molar-refractivity contribution in [3.8, 4) is 0 Å². The third-order valence-electron chi connectivity index (χ3n) is 4.94. The van der Waals surface area contributed by atoms with Crippen molar-refractivity contribution in [3.05, 3.63) is 41.5 Å².